The largest absolute Gasteiger partial charge is 0.489 e. The molecule has 2 bridgehead atoms. The second-order valence-electron chi connectivity index (χ2n) is 7.58. The SMILES string of the molecule is O=C1C2C3C=CC(C3)C2C(=O)N1/N=C/c1ccc(OCc2ccccc2)cc1. The monoisotopic (exact) mass is 372 g/mol. The molecule has 2 amide bonds. The Hall–Kier alpha value is -3.21. The molecule has 2 aromatic rings. The van der Waals surface area contributed by atoms with Crippen molar-refractivity contribution in [2.45, 2.75) is 13.0 Å². The van der Waals surface area contributed by atoms with Gasteiger partial charge in [-0.15, -0.1) is 0 Å². The summed E-state index contributed by atoms with van der Waals surface area (Å²) in [5.41, 5.74) is 1.92. The number of imide groups is 1. The van der Waals surface area contributed by atoms with Gasteiger partial charge in [-0.25, -0.2) is 0 Å². The van der Waals surface area contributed by atoms with Gasteiger partial charge in [0.25, 0.3) is 11.8 Å². The maximum atomic E-state index is 12.6. The lowest BCUT2D eigenvalue weighted by Crippen LogP contribution is -2.28. The molecule has 3 aliphatic rings. The van der Waals surface area contributed by atoms with Crippen LogP contribution in [0.2, 0.25) is 0 Å². The van der Waals surface area contributed by atoms with Crippen LogP contribution in [0.3, 0.4) is 0 Å². The molecule has 5 rings (SSSR count). The number of hydrazone groups is 1. The van der Waals surface area contributed by atoms with Gasteiger partial charge in [-0.2, -0.15) is 10.1 Å². The molecule has 0 radical (unpaired) electrons. The Kier molecular flexibility index (Phi) is 4.08. The highest BCUT2D eigenvalue weighted by molar-refractivity contribution is 6.06. The van der Waals surface area contributed by atoms with Crippen molar-refractivity contribution in [3.63, 3.8) is 0 Å². The van der Waals surface area contributed by atoms with E-state index in [0.29, 0.717) is 6.61 Å². The average Bonchev–Trinajstić information content (AvgIpc) is 3.41. The van der Waals surface area contributed by atoms with E-state index in [1.54, 1.807) is 6.21 Å². The lowest BCUT2D eigenvalue weighted by Gasteiger charge is -2.13. The molecule has 2 aromatic carbocycles. The van der Waals surface area contributed by atoms with Crippen molar-refractivity contribution in [2.24, 2.45) is 28.8 Å². The number of carbonyl (C=O) groups excluding carboxylic acids is 2. The van der Waals surface area contributed by atoms with Crippen LogP contribution in [0.1, 0.15) is 17.5 Å². The highest BCUT2D eigenvalue weighted by atomic mass is 16.5. The molecule has 2 fully saturated rings. The molecule has 4 atom stereocenters. The molecule has 5 nitrogen and oxygen atoms in total. The van der Waals surface area contributed by atoms with E-state index < -0.39 is 0 Å². The molecular weight excluding hydrogens is 352 g/mol. The highest BCUT2D eigenvalue weighted by Gasteiger charge is 2.59. The van der Waals surface area contributed by atoms with Gasteiger partial charge in [0, 0.05) is 0 Å². The van der Waals surface area contributed by atoms with Crippen molar-refractivity contribution in [1.29, 1.82) is 0 Å². The van der Waals surface area contributed by atoms with Crippen LogP contribution in [0.15, 0.2) is 71.9 Å². The van der Waals surface area contributed by atoms with Crippen molar-refractivity contribution in [1.82, 2.24) is 5.01 Å². The summed E-state index contributed by atoms with van der Waals surface area (Å²) < 4.78 is 5.77. The minimum absolute atomic E-state index is 0.161. The minimum atomic E-state index is -0.214. The standard InChI is InChI=1S/C23H20N2O3/c26-22-20-17-8-9-18(12-17)21(20)23(27)25(22)24-13-15-6-10-19(11-7-15)28-14-16-4-2-1-3-5-16/h1-11,13,17-18,20-21H,12,14H2/b24-13+. The van der Waals surface area contributed by atoms with Gasteiger partial charge in [0.15, 0.2) is 0 Å². The Bertz CT molecular complexity index is 935. The molecule has 1 saturated heterocycles. The molecule has 0 spiro atoms. The Balaban J connectivity index is 1.23. The van der Waals surface area contributed by atoms with E-state index in [1.807, 2.05) is 54.6 Å². The first kappa shape index (κ1) is 16.9. The van der Waals surface area contributed by atoms with E-state index in [1.165, 1.54) is 0 Å². The third-order valence-electron chi connectivity index (χ3n) is 5.90. The fourth-order valence-electron chi connectivity index (χ4n) is 4.52. The third kappa shape index (κ3) is 2.83. The zero-order chi connectivity index (χ0) is 19.1. The Labute approximate surface area is 163 Å². The number of allylic oxidation sites excluding steroid dienone is 2. The lowest BCUT2D eigenvalue weighted by atomic mass is 9.85. The van der Waals surface area contributed by atoms with Crippen LogP contribution in [0, 0.1) is 23.7 Å². The Morgan fingerprint density at radius 3 is 2.21 bits per heavy atom. The van der Waals surface area contributed by atoms with E-state index in [4.69, 9.17) is 4.74 Å². The topological polar surface area (TPSA) is 59.0 Å². The number of nitrogens with zero attached hydrogens (tertiary/aromatic N) is 2. The van der Waals surface area contributed by atoms with Gasteiger partial charge in [0.1, 0.15) is 12.4 Å². The van der Waals surface area contributed by atoms with Crippen molar-refractivity contribution in [2.75, 3.05) is 0 Å². The summed E-state index contributed by atoms with van der Waals surface area (Å²) in [6, 6.07) is 17.4. The third-order valence-corrected chi connectivity index (χ3v) is 5.90. The van der Waals surface area contributed by atoms with Crippen molar-refractivity contribution in [3.8, 4) is 5.75 Å². The molecule has 4 unspecified atom stereocenters. The van der Waals surface area contributed by atoms with Gasteiger partial charge in [-0.3, -0.25) is 9.59 Å². The van der Waals surface area contributed by atoms with Gasteiger partial charge in [-0.05, 0) is 53.6 Å². The van der Waals surface area contributed by atoms with E-state index in [2.05, 4.69) is 17.3 Å². The van der Waals surface area contributed by atoms with E-state index >= 15 is 0 Å². The molecule has 5 heteroatoms. The van der Waals surface area contributed by atoms with Crippen LogP contribution in [0.25, 0.3) is 0 Å². The fourth-order valence-corrected chi connectivity index (χ4v) is 4.52. The summed E-state index contributed by atoms with van der Waals surface area (Å²) in [6.07, 6.45) is 6.65. The predicted molar refractivity (Wildman–Crippen MR) is 104 cm³/mol. The molecule has 1 aliphatic heterocycles. The zero-order valence-electron chi connectivity index (χ0n) is 15.3. The number of rotatable bonds is 5. The number of ether oxygens (including phenoxy) is 1. The first-order valence-electron chi connectivity index (χ1n) is 9.57. The smallest absolute Gasteiger partial charge is 0.254 e. The summed E-state index contributed by atoms with van der Waals surface area (Å²) in [4.78, 5) is 25.2. The Morgan fingerprint density at radius 2 is 1.57 bits per heavy atom. The van der Waals surface area contributed by atoms with E-state index in [0.717, 1.165) is 28.3 Å². The first-order valence-corrected chi connectivity index (χ1v) is 9.57. The normalized spacial score (nSPS) is 27.8. The second-order valence-corrected chi connectivity index (χ2v) is 7.58. The molecule has 2 aliphatic carbocycles. The van der Waals surface area contributed by atoms with Crippen molar-refractivity contribution >= 4 is 18.0 Å². The van der Waals surface area contributed by atoms with Gasteiger partial charge >= 0.3 is 0 Å². The molecule has 140 valence electrons. The van der Waals surface area contributed by atoms with E-state index in [-0.39, 0.29) is 35.5 Å². The number of hydrogen-bond acceptors (Lipinski definition) is 4. The predicted octanol–water partition coefficient (Wildman–Crippen LogP) is 3.41. The molecule has 0 N–H and O–H groups in total. The number of carbonyl (C=O) groups is 2. The fraction of sp³-hybridized carbons (Fsp3) is 0.261. The maximum absolute atomic E-state index is 12.6. The van der Waals surface area contributed by atoms with Crippen LogP contribution in [0.4, 0.5) is 0 Å². The van der Waals surface area contributed by atoms with Crippen LogP contribution < -0.4 is 4.74 Å². The number of benzene rings is 2. The molecular formula is C23H20N2O3. The summed E-state index contributed by atoms with van der Waals surface area (Å²) in [6.45, 7) is 0.504. The summed E-state index contributed by atoms with van der Waals surface area (Å²) in [7, 11) is 0. The average molecular weight is 372 g/mol. The quantitative estimate of drug-likeness (QED) is 0.459. The van der Waals surface area contributed by atoms with Crippen LogP contribution in [-0.2, 0) is 16.2 Å². The first-order chi connectivity index (χ1) is 13.7. The van der Waals surface area contributed by atoms with Crippen molar-refractivity contribution in [3.05, 3.63) is 77.9 Å². The highest BCUT2D eigenvalue weighted by Crippen LogP contribution is 2.52. The molecule has 0 aromatic heterocycles. The summed E-state index contributed by atoms with van der Waals surface area (Å²) >= 11 is 0. The van der Waals surface area contributed by atoms with Gasteiger partial charge in [0.05, 0.1) is 18.1 Å². The van der Waals surface area contributed by atoms with Crippen LogP contribution in [-0.4, -0.2) is 23.0 Å². The summed E-state index contributed by atoms with van der Waals surface area (Å²) in [5.74, 6) is 0.408. The van der Waals surface area contributed by atoms with Crippen molar-refractivity contribution < 1.29 is 14.3 Å². The minimum Gasteiger partial charge on any atom is -0.489 e. The Morgan fingerprint density at radius 1 is 0.929 bits per heavy atom. The van der Waals surface area contributed by atoms with E-state index in [9.17, 15) is 9.59 Å². The van der Waals surface area contributed by atoms with Gasteiger partial charge < -0.3 is 4.74 Å². The van der Waals surface area contributed by atoms with Gasteiger partial charge in [0.2, 0.25) is 0 Å². The van der Waals surface area contributed by atoms with Crippen LogP contribution >= 0.6 is 0 Å². The van der Waals surface area contributed by atoms with Gasteiger partial charge in [-0.1, -0.05) is 42.5 Å². The molecule has 28 heavy (non-hydrogen) atoms. The number of fused-ring (bicyclic) bond motifs is 5. The number of amides is 2. The lowest BCUT2D eigenvalue weighted by molar-refractivity contribution is -0.140. The summed E-state index contributed by atoms with van der Waals surface area (Å²) in [5, 5.41) is 5.27. The second kappa shape index (κ2) is 6.75. The number of hydrogen-bond donors (Lipinski definition) is 0. The maximum Gasteiger partial charge on any atom is 0.254 e. The molecule has 1 heterocycles. The van der Waals surface area contributed by atoms with Crippen LogP contribution in [0.5, 0.6) is 5.75 Å². The zero-order valence-corrected chi connectivity index (χ0v) is 15.3. The molecule has 1 saturated carbocycles.